The average Bonchev–Trinajstić information content (AvgIpc) is 3.10. The minimum absolute atomic E-state index is 0.624. The Hall–Kier alpha value is -6.11. The van der Waals surface area contributed by atoms with Gasteiger partial charge in [-0.25, -0.2) is 14.8 Å². The fourth-order valence-corrected chi connectivity index (χ4v) is 6.12. The molecule has 44 heavy (non-hydrogen) atoms. The Balaban J connectivity index is 1.36. The van der Waals surface area contributed by atoms with Crippen molar-refractivity contribution in [2.45, 2.75) is 0 Å². The molecule has 8 rings (SSSR count). The van der Waals surface area contributed by atoms with E-state index in [0.717, 1.165) is 44.6 Å². The minimum atomic E-state index is 0.624. The first-order chi connectivity index (χ1) is 21.7. The molecule has 0 aliphatic rings. The largest absolute Gasteiger partial charge is 0.238 e. The predicted molar refractivity (Wildman–Crippen MR) is 183 cm³/mol. The van der Waals surface area contributed by atoms with E-state index in [1.807, 2.05) is 54.6 Å². The van der Waals surface area contributed by atoms with Gasteiger partial charge in [0.05, 0.1) is 18.0 Å². The van der Waals surface area contributed by atoms with Crippen LogP contribution >= 0.6 is 0 Å². The van der Waals surface area contributed by atoms with E-state index >= 15 is 0 Å². The molecule has 0 bridgehead atoms. The molecule has 0 fully saturated rings. The van der Waals surface area contributed by atoms with Gasteiger partial charge in [0, 0.05) is 16.7 Å². The van der Waals surface area contributed by atoms with Crippen molar-refractivity contribution in [2.24, 2.45) is 0 Å². The van der Waals surface area contributed by atoms with Crippen molar-refractivity contribution in [3.05, 3.63) is 163 Å². The summed E-state index contributed by atoms with van der Waals surface area (Å²) in [6.07, 6.45) is 0. The number of hydrogen-bond donors (Lipinski definition) is 0. The van der Waals surface area contributed by atoms with Crippen molar-refractivity contribution < 1.29 is 0 Å². The van der Waals surface area contributed by atoms with E-state index in [0.29, 0.717) is 11.5 Å². The van der Waals surface area contributed by atoms with Crippen molar-refractivity contribution in [1.82, 2.24) is 9.97 Å². The Morgan fingerprint density at radius 3 is 1.84 bits per heavy atom. The summed E-state index contributed by atoms with van der Waals surface area (Å²) in [5.41, 5.74) is 7.49. The number of rotatable bonds is 4. The lowest BCUT2D eigenvalue weighted by atomic mass is 9.93. The number of aromatic nitrogens is 2. The Morgan fingerprint density at radius 1 is 0.409 bits per heavy atom. The molecule has 0 N–H and O–H groups in total. The normalized spacial score (nSPS) is 11.2. The van der Waals surface area contributed by atoms with Crippen LogP contribution in [-0.2, 0) is 0 Å². The molecule has 8 aromatic rings. The van der Waals surface area contributed by atoms with E-state index < -0.39 is 0 Å². The maximum absolute atomic E-state index is 7.35. The smallest absolute Gasteiger partial charge is 0.187 e. The second-order valence-electron chi connectivity index (χ2n) is 10.9. The summed E-state index contributed by atoms with van der Waals surface area (Å²) >= 11 is 0. The molecule has 0 saturated heterocycles. The standard InChI is InChI=1S/C41H25N3/c1-42-32-21-18-27(19-22-32)33-14-7-8-15-36(33)39-26-40(44-41(43-39)28-10-3-2-4-11-28)37-17-9-16-34-35(37)23-20-31-24-29-12-5-6-13-30(29)25-38(31)34/h2-26H. The fraction of sp³-hybridized carbons (Fsp3) is 0. The average molecular weight is 560 g/mol. The Bertz CT molecular complexity index is 2380. The first-order valence-electron chi connectivity index (χ1n) is 14.6. The summed E-state index contributed by atoms with van der Waals surface area (Å²) in [6.45, 7) is 7.35. The van der Waals surface area contributed by atoms with E-state index in [1.165, 1.54) is 26.9 Å². The second kappa shape index (κ2) is 10.6. The Labute approximate surface area is 255 Å². The van der Waals surface area contributed by atoms with Crippen molar-refractivity contribution >= 4 is 38.0 Å². The van der Waals surface area contributed by atoms with E-state index in [2.05, 4.69) is 102 Å². The highest BCUT2D eigenvalue weighted by atomic mass is 14.9. The molecule has 0 spiro atoms. The van der Waals surface area contributed by atoms with Crippen LogP contribution in [-0.4, -0.2) is 9.97 Å². The summed E-state index contributed by atoms with van der Waals surface area (Å²) < 4.78 is 0. The van der Waals surface area contributed by atoms with E-state index in [4.69, 9.17) is 16.5 Å². The third-order valence-electron chi connectivity index (χ3n) is 8.29. The van der Waals surface area contributed by atoms with Crippen LogP contribution in [0.25, 0.3) is 82.2 Å². The van der Waals surface area contributed by atoms with Crippen molar-refractivity contribution in [3.8, 4) is 45.0 Å². The van der Waals surface area contributed by atoms with Gasteiger partial charge in [0.15, 0.2) is 11.5 Å². The predicted octanol–water partition coefficient (Wildman–Crippen LogP) is 11.2. The van der Waals surface area contributed by atoms with Gasteiger partial charge < -0.3 is 0 Å². The lowest BCUT2D eigenvalue weighted by Crippen LogP contribution is -1.97. The molecule has 0 aliphatic heterocycles. The van der Waals surface area contributed by atoms with E-state index in [9.17, 15) is 0 Å². The van der Waals surface area contributed by atoms with Crippen molar-refractivity contribution in [2.75, 3.05) is 0 Å². The molecule has 0 saturated carbocycles. The van der Waals surface area contributed by atoms with Crippen LogP contribution in [0.2, 0.25) is 0 Å². The lowest BCUT2D eigenvalue weighted by molar-refractivity contribution is 1.19. The first kappa shape index (κ1) is 25.6. The van der Waals surface area contributed by atoms with E-state index in [-0.39, 0.29) is 0 Å². The molecular formula is C41H25N3. The third-order valence-corrected chi connectivity index (χ3v) is 8.29. The van der Waals surface area contributed by atoms with Gasteiger partial charge in [-0.2, -0.15) is 0 Å². The molecule has 7 aromatic carbocycles. The van der Waals surface area contributed by atoms with Crippen molar-refractivity contribution in [3.63, 3.8) is 0 Å². The molecule has 0 amide bonds. The van der Waals surface area contributed by atoms with Gasteiger partial charge in [-0.05, 0) is 61.6 Å². The lowest BCUT2D eigenvalue weighted by Gasteiger charge is -2.14. The van der Waals surface area contributed by atoms with Gasteiger partial charge in [-0.3, -0.25) is 0 Å². The maximum atomic E-state index is 7.35. The van der Waals surface area contributed by atoms with Crippen molar-refractivity contribution in [1.29, 1.82) is 0 Å². The first-order valence-corrected chi connectivity index (χ1v) is 14.6. The summed E-state index contributed by atoms with van der Waals surface area (Å²) in [7, 11) is 0. The van der Waals surface area contributed by atoms with Crippen LogP contribution in [0.15, 0.2) is 152 Å². The molecule has 0 unspecified atom stereocenters. The Kier molecular flexibility index (Phi) is 6.18. The van der Waals surface area contributed by atoms with Gasteiger partial charge in [0.25, 0.3) is 0 Å². The third kappa shape index (κ3) is 4.47. The Morgan fingerprint density at radius 2 is 1.07 bits per heavy atom. The van der Waals surface area contributed by atoms with Gasteiger partial charge in [0.1, 0.15) is 0 Å². The monoisotopic (exact) mass is 559 g/mol. The zero-order valence-electron chi connectivity index (χ0n) is 23.8. The molecule has 1 aromatic heterocycles. The molecule has 1 heterocycles. The topological polar surface area (TPSA) is 30.1 Å². The summed E-state index contributed by atoms with van der Waals surface area (Å²) in [5.74, 6) is 0.681. The molecular weight excluding hydrogens is 534 g/mol. The molecule has 3 nitrogen and oxygen atoms in total. The van der Waals surface area contributed by atoms with Gasteiger partial charge in [0.2, 0.25) is 0 Å². The number of nitrogens with zero attached hydrogens (tertiary/aromatic N) is 3. The summed E-state index contributed by atoms with van der Waals surface area (Å²) in [6, 6.07) is 52.3. The van der Waals surface area contributed by atoms with Crippen LogP contribution in [0, 0.1) is 6.57 Å². The van der Waals surface area contributed by atoms with Crippen LogP contribution in [0.5, 0.6) is 0 Å². The minimum Gasteiger partial charge on any atom is -0.238 e. The van der Waals surface area contributed by atoms with Gasteiger partial charge in [-0.15, -0.1) is 0 Å². The zero-order valence-corrected chi connectivity index (χ0v) is 23.8. The molecule has 0 atom stereocenters. The van der Waals surface area contributed by atoms with Gasteiger partial charge in [-0.1, -0.05) is 133 Å². The molecule has 0 radical (unpaired) electrons. The summed E-state index contributed by atoms with van der Waals surface area (Å²) in [4.78, 5) is 13.8. The highest BCUT2D eigenvalue weighted by Gasteiger charge is 2.16. The van der Waals surface area contributed by atoms with Crippen LogP contribution in [0.1, 0.15) is 0 Å². The van der Waals surface area contributed by atoms with E-state index in [1.54, 1.807) is 0 Å². The number of hydrogen-bond acceptors (Lipinski definition) is 2. The quantitative estimate of drug-likeness (QED) is 0.122. The second-order valence-corrected chi connectivity index (χ2v) is 10.9. The molecule has 0 aliphatic carbocycles. The summed E-state index contributed by atoms with van der Waals surface area (Å²) in [5, 5.41) is 7.28. The van der Waals surface area contributed by atoms with Crippen LogP contribution in [0.3, 0.4) is 0 Å². The zero-order chi connectivity index (χ0) is 29.5. The SMILES string of the molecule is [C-]#[N+]c1ccc(-c2ccccc2-c2cc(-c3cccc4c3ccc3cc5ccccc5cc34)nc(-c3ccccc3)n2)cc1. The fourth-order valence-electron chi connectivity index (χ4n) is 6.12. The number of benzene rings is 7. The van der Waals surface area contributed by atoms with Crippen LogP contribution in [0.4, 0.5) is 5.69 Å². The van der Waals surface area contributed by atoms with Gasteiger partial charge >= 0.3 is 0 Å². The molecule has 3 heteroatoms. The number of fused-ring (bicyclic) bond motifs is 4. The highest BCUT2D eigenvalue weighted by molar-refractivity contribution is 6.15. The maximum Gasteiger partial charge on any atom is 0.187 e. The highest BCUT2D eigenvalue weighted by Crippen LogP contribution is 2.38. The van der Waals surface area contributed by atoms with Crippen LogP contribution < -0.4 is 0 Å². The molecule has 204 valence electrons.